The smallest absolute Gasteiger partial charge is 0.305 e. The lowest BCUT2D eigenvalue weighted by Crippen LogP contribution is -2.25. The van der Waals surface area contributed by atoms with E-state index in [1.165, 1.54) is 7.11 Å². The lowest BCUT2D eigenvalue weighted by Gasteiger charge is -2.13. The summed E-state index contributed by atoms with van der Waals surface area (Å²) in [5, 5.41) is 10.00. The van der Waals surface area contributed by atoms with Gasteiger partial charge in [0.15, 0.2) is 0 Å². The van der Waals surface area contributed by atoms with Crippen LogP contribution in [0.3, 0.4) is 0 Å². The fourth-order valence-electron chi connectivity index (χ4n) is 5.09. The summed E-state index contributed by atoms with van der Waals surface area (Å²) in [5.74, 6) is -0.398. The number of nitrogens with one attached hydrogen (secondary N) is 2. The second-order valence-electron chi connectivity index (χ2n) is 10.1. The van der Waals surface area contributed by atoms with Gasteiger partial charge in [0.05, 0.1) is 25.5 Å². The van der Waals surface area contributed by atoms with Gasteiger partial charge < -0.3 is 15.0 Å². The molecule has 7 nitrogen and oxygen atoms in total. The van der Waals surface area contributed by atoms with E-state index in [0.29, 0.717) is 35.2 Å². The molecular weight excluding hydrogens is 571 g/mol. The number of esters is 1. The van der Waals surface area contributed by atoms with Crippen LogP contribution in [0, 0.1) is 0 Å². The number of carbonyl (C=O) groups is 2. The Balaban J connectivity index is 1.49. The minimum absolute atomic E-state index is 0.195. The number of nitrogens with zero attached hydrogens (tertiary/aromatic N) is 2. The first-order chi connectivity index (χ1) is 20.4. The first kappa shape index (κ1) is 29.4. The van der Waals surface area contributed by atoms with Crippen LogP contribution in [0.1, 0.15) is 48.2 Å². The molecule has 5 aromatic rings. The maximum atomic E-state index is 13.7. The summed E-state index contributed by atoms with van der Waals surface area (Å²) >= 11 is 12.5. The Morgan fingerprint density at radius 3 is 2.43 bits per heavy atom. The molecule has 0 fully saturated rings. The second kappa shape index (κ2) is 13.7. The van der Waals surface area contributed by atoms with Gasteiger partial charge in [0.25, 0.3) is 5.91 Å². The van der Waals surface area contributed by atoms with Crippen molar-refractivity contribution in [1.29, 1.82) is 0 Å². The molecule has 42 heavy (non-hydrogen) atoms. The van der Waals surface area contributed by atoms with Gasteiger partial charge in [-0.1, -0.05) is 84.6 Å². The van der Waals surface area contributed by atoms with Crippen LogP contribution < -0.4 is 5.32 Å². The Morgan fingerprint density at radius 1 is 0.929 bits per heavy atom. The summed E-state index contributed by atoms with van der Waals surface area (Å²) in [6.45, 7) is 1.01. The van der Waals surface area contributed by atoms with E-state index < -0.39 is 0 Å². The largest absolute Gasteiger partial charge is 0.469 e. The topological polar surface area (TPSA) is 89.0 Å². The normalized spacial score (nSPS) is 11.1. The number of unbranched alkanes of at least 4 members (excludes halogenated alkanes) is 3. The first-order valence-corrected chi connectivity index (χ1v) is 14.7. The fraction of sp³-hybridized carbons (Fsp3) is 0.242. The van der Waals surface area contributed by atoms with E-state index >= 15 is 0 Å². The van der Waals surface area contributed by atoms with Gasteiger partial charge in [-0.25, -0.2) is 0 Å². The molecule has 1 amide bonds. The van der Waals surface area contributed by atoms with Crippen LogP contribution >= 0.6 is 23.2 Å². The zero-order chi connectivity index (χ0) is 29.5. The number of aromatic nitrogens is 3. The molecule has 5 rings (SSSR count). The molecule has 0 aliphatic heterocycles. The van der Waals surface area contributed by atoms with E-state index in [2.05, 4.69) is 10.3 Å². The minimum atomic E-state index is -0.204. The van der Waals surface area contributed by atoms with Crippen molar-refractivity contribution in [3.63, 3.8) is 0 Å². The third-order valence-electron chi connectivity index (χ3n) is 7.22. The average molecular weight is 604 g/mol. The SMILES string of the molecule is COC(=O)CCCCCCNC(=O)c1[nH]c2cc(Cl)ccc2c1-c1c(-c2ccccc2)cnn1Cc1ccc(Cl)cc1. The molecule has 9 heteroatoms. The van der Waals surface area contributed by atoms with Crippen LogP contribution in [0.2, 0.25) is 10.0 Å². The van der Waals surface area contributed by atoms with Crippen molar-refractivity contribution in [2.75, 3.05) is 13.7 Å². The summed E-state index contributed by atoms with van der Waals surface area (Å²) in [6, 6.07) is 23.3. The van der Waals surface area contributed by atoms with Crippen molar-refractivity contribution in [3.8, 4) is 22.4 Å². The molecule has 0 aliphatic carbocycles. The molecule has 0 radical (unpaired) electrons. The van der Waals surface area contributed by atoms with E-state index in [9.17, 15) is 9.59 Å². The Morgan fingerprint density at radius 2 is 1.67 bits per heavy atom. The molecule has 2 N–H and O–H groups in total. The summed E-state index contributed by atoms with van der Waals surface area (Å²) < 4.78 is 6.63. The van der Waals surface area contributed by atoms with Gasteiger partial charge in [-0.3, -0.25) is 14.3 Å². The van der Waals surface area contributed by atoms with E-state index in [1.807, 2.05) is 83.7 Å². The molecule has 0 aliphatic rings. The first-order valence-electron chi connectivity index (χ1n) is 14.0. The number of rotatable bonds is 12. The van der Waals surface area contributed by atoms with Crippen molar-refractivity contribution in [2.24, 2.45) is 0 Å². The number of ether oxygens (including phenoxy) is 1. The third-order valence-corrected chi connectivity index (χ3v) is 7.70. The van der Waals surface area contributed by atoms with Gasteiger partial charge in [0, 0.05) is 45.0 Å². The summed E-state index contributed by atoms with van der Waals surface area (Å²) in [6.07, 6.45) is 5.64. The Bertz CT molecular complexity index is 1680. The number of methoxy groups -OCH3 is 1. The van der Waals surface area contributed by atoms with Crippen LogP contribution in [-0.2, 0) is 16.1 Å². The third kappa shape index (κ3) is 6.86. The molecule has 0 saturated heterocycles. The van der Waals surface area contributed by atoms with Crippen molar-refractivity contribution < 1.29 is 14.3 Å². The number of hydrogen-bond acceptors (Lipinski definition) is 4. The predicted molar refractivity (Wildman–Crippen MR) is 168 cm³/mol. The van der Waals surface area contributed by atoms with Crippen LogP contribution in [0.25, 0.3) is 33.3 Å². The highest BCUT2D eigenvalue weighted by Crippen LogP contribution is 2.40. The molecule has 0 unspecified atom stereocenters. The monoisotopic (exact) mass is 602 g/mol. The molecule has 0 bridgehead atoms. The van der Waals surface area contributed by atoms with E-state index in [1.54, 1.807) is 0 Å². The lowest BCUT2D eigenvalue weighted by atomic mass is 9.98. The van der Waals surface area contributed by atoms with Crippen LogP contribution in [0.5, 0.6) is 0 Å². The number of H-pyrrole nitrogens is 1. The van der Waals surface area contributed by atoms with Crippen LogP contribution in [-0.4, -0.2) is 40.3 Å². The highest BCUT2D eigenvalue weighted by Gasteiger charge is 2.25. The van der Waals surface area contributed by atoms with Gasteiger partial charge >= 0.3 is 5.97 Å². The zero-order valence-electron chi connectivity index (χ0n) is 23.3. The maximum Gasteiger partial charge on any atom is 0.305 e. The molecule has 3 aromatic carbocycles. The van der Waals surface area contributed by atoms with Crippen molar-refractivity contribution in [3.05, 3.63) is 100 Å². The number of halogens is 2. The molecule has 0 atom stereocenters. The Kier molecular flexibility index (Phi) is 9.62. The maximum absolute atomic E-state index is 13.7. The Labute approximate surface area is 254 Å². The number of carbonyl (C=O) groups excluding carboxylic acids is 2. The van der Waals surface area contributed by atoms with Gasteiger partial charge in [-0.2, -0.15) is 5.10 Å². The second-order valence-corrected chi connectivity index (χ2v) is 11.0. The number of fused-ring (bicyclic) bond motifs is 1. The van der Waals surface area contributed by atoms with Crippen LogP contribution in [0.15, 0.2) is 79.0 Å². The zero-order valence-corrected chi connectivity index (χ0v) is 24.8. The number of amides is 1. The number of hydrogen-bond donors (Lipinski definition) is 2. The minimum Gasteiger partial charge on any atom is -0.469 e. The highest BCUT2D eigenvalue weighted by molar-refractivity contribution is 6.31. The standard InChI is InChI=1S/C33H32Cl2N4O3/c1-42-29(40)11-7-2-3-8-18-36-33(41)31-30(26-17-16-25(35)19-28(26)38-31)32-27(23-9-5-4-6-10-23)20-37-39(32)21-22-12-14-24(34)15-13-22/h4-6,9-10,12-17,19-20,38H,2-3,7-8,11,18,21H2,1H3,(H,36,41). The fourth-order valence-corrected chi connectivity index (χ4v) is 5.39. The van der Waals surface area contributed by atoms with Crippen molar-refractivity contribution in [2.45, 2.75) is 38.6 Å². The summed E-state index contributed by atoms with van der Waals surface area (Å²) in [5.41, 5.74) is 5.76. The Hall–Kier alpha value is -4.07. The van der Waals surface area contributed by atoms with Crippen molar-refractivity contribution >= 4 is 46.0 Å². The highest BCUT2D eigenvalue weighted by atomic mass is 35.5. The van der Waals surface area contributed by atoms with E-state index in [0.717, 1.165) is 64.5 Å². The molecule has 2 aromatic heterocycles. The number of aromatic amines is 1. The molecule has 0 saturated carbocycles. The van der Waals surface area contributed by atoms with E-state index in [-0.39, 0.29) is 11.9 Å². The predicted octanol–water partition coefficient (Wildman–Crippen LogP) is 7.91. The van der Waals surface area contributed by atoms with Gasteiger partial charge in [0.1, 0.15) is 5.69 Å². The van der Waals surface area contributed by atoms with Crippen molar-refractivity contribution in [1.82, 2.24) is 20.1 Å². The van der Waals surface area contributed by atoms with Crippen LogP contribution in [0.4, 0.5) is 0 Å². The lowest BCUT2D eigenvalue weighted by molar-refractivity contribution is -0.140. The molecular formula is C33H32Cl2N4O3. The summed E-state index contributed by atoms with van der Waals surface area (Å²) in [4.78, 5) is 28.4. The molecule has 0 spiro atoms. The van der Waals surface area contributed by atoms with E-state index in [4.69, 9.17) is 33.0 Å². The van der Waals surface area contributed by atoms with Gasteiger partial charge in [0.2, 0.25) is 0 Å². The average Bonchev–Trinajstić information content (AvgIpc) is 3.58. The molecule has 216 valence electrons. The van der Waals surface area contributed by atoms with Gasteiger partial charge in [-0.15, -0.1) is 0 Å². The molecule has 2 heterocycles. The number of benzene rings is 3. The quantitative estimate of drug-likeness (QED) is 0.112. The summed E-state index contributed by atoms with van der Waals surface area (Å²) in [7, 11) is 1.40. The van der Waals surface area contributed by atoms with Gasteiger partial charge in [-0.05, 0) is 48.2 Å².